The Hall–Kier alpha value is -2.16. The average Bonchev–Trinajstić information content (AvgIpc) is 2.76. The maximum Gasteiger partial charge on any atom is 0.416 e. The second-order valence-electron chi connectivity index (χ2n) is 9.10. The summed E-state index contributed by atoms with van der Waals surface area (Å²) in [5, 5.41) is 5.97. The number of nitrogens with one attached hydrogen (secondary N) is 2. The summed E-state index contributed by atoms with van der Waals surface area (Å²) in [7, 11) is 0. The zero-order chi connectivity index (χ0) is 23.3. The van der Waals surface area contributed by atoms with Gasteiger partial charge in [0.25, 0.3) is 5.91 Å². The van der Waals surface area contributed by atoms with Crippen LogP contribution in [0.25, 0.3) is 0 Å². The molecular formula is C23H31F4N3O2. The fourth-order valence-electron chi connectivity index (χ4n) is 4.42. The first kappa shape index (κ1) is 24.5. The van der Waals surface area contributed by atoms with E-state index >= 15 is 0 Å². The highest BCUT2D eigenvalue weighted by Gasteiger charge is 2.32. The summed E-state index contributed by atoms with van der Waals surface area (Å²) in [5.41, 5.74) is -1.54. The molecule has 2 aliphatic rings. The van der Waals surface area contributed by atoms with Crippen LogP contribution in [0.1, 0.15) is 61.4 Å². The van der Waals surface area contributed by atoms with Gasteiger partial charge in [0.1, 0.15) is 5.82 Å². The molecule has 32 heavy (non-hydrogen) atoms. The standard InChI is InChI=1S/C23H31F4N3O2/c1-15-2-4-20(5-3-15)28-14-21(31)30-8-6-16(7-9-30)13-29-22(32)17-10-18(23(25,26)27)12-19(24)11-17/h10-12,15-16,20,28H,2-9,13-14H2,1H3,(H,29,32). The van der Waals surface area contributed by atoms with Gasteiger partial charge in [0.15, 0.2) is 0 Å². The van der Waals surface area contributed by atoms with Gasteiger partial charge in [-0.05, 0) is 68.6 Å². The Labute approximate surface area is 185 Å². The summed E-state index contributed by atoms with van der Waals surface area (Å²) in [5.74, 6) is -0.888. The van der Waals surface area contributed by atoms with E-state index in [1.54, 1.807) is 0 Å². The van der Waals surface area contributed by atoms with Crippen molar-refractivity contribution in [2.24, 2.45) is 11.8 Å². The monoisotopic (exact) mass is 457 g/mol. The Kier molecular flexibility index (Phi) is 8.14. The molecule has 0 radical (unpaired) electrons. The maximum atomic E-state index is 13.5. The summed E-state index contributed by atoms with van der Waals surface area (Å²) in [6.07, 6.45) is 1.26. The minimum Gasteiger partial charge on any atom is -0.352 e. The van der Waals surface area contributed by atoms with Gasteiger partial charge in [-0.15, -0.1) is 0 Å². The summed E-state index contributed by atoms with van der Waals surface area (Å²) >= 11 is 0. The largest absolute Gasteiger partial charge is 0.416 e. The van der Waals surface area contributed by atoms with Crippen LogP contribution in [-0.2, 0) is 11.0 Å². The molecule has 9 heteroatoms. The first-order valence-electron chi connectivity index (χ1n) is 11.3. The van der Waals surface area contributed by atoms with Crippen molar-refractivity contribution in [3.8, 4) is 0 Å². The average molecular weight is 458 g/mol. The molecule has 1 aromatic carbocycles. The van der Waals surface area contributed by atoms with Crippen molar-refractivity contribution in [1.82, 2.24) is 15.5 Å². The van der Waals surface area contributed by atoms with Crippen LogP contribution in [0.15, 0.2) is 18.2 Å². The van der Waals surface area contributed by atoms with Crippen LogP contribution >= 0.6 is 0 Å². The Morgan fingerprint density at radius 2 is 1.69 bits per heavy atom. The van der Waals surface area contributed by atoms with Crippen LogP contribution in [0, 0.1) is 17.7 Å². The lowest BCUT2D eigenvalue weighted by atomic mass is 9.87. The fraction of sp³-hybridized carbons (Fsp3) is 0.652. The van der Waals surface area contributed by atoms with Crippen molar-refractivity contribution < 1.29 is 27.2 Å². The van der Waals surface area contributed by atoms with E-state index in [-0.39, 0.29) is 23.9 Å². The Morgan fingerprint density at radius 3 is 2.31 bits per heavy atom. The van der Waals surface area contributed by atoms with Crippen LogP contribution < -0.4 is 10.6 Å². The van der Waals surface area contributed by atoms with Crippen molar-refractivity contribution in [1.29, 1.82) is 0 Å². The molecule has 2 fully saturated rings. The number of likely N-dealkylation sites (tertiary alicyclic amines) is 1. The quantitative estimate of drug-likeness (QED) is 0.636. The number of carbonyl (C=O) groups excluding carboxylic acids is 2. The molecule has 0 aromatic heterocycles. The first-order chi connectivity index (χ1) is 15.1. The van der Waals surface area contributed by atoms with Gasteiger partial charge in [0, 0.05) is 31.2 Å². The van der Waals surface area contributed by atoms with Crippen molar-refractivity contribution in [2.75, 3.05) is 26.2 Å². The van der Waals surface area contributed by atoms with E-state index < -0.39 is 23.5 Å². The van der Waals surface area contributed by atoms with Gasteiger partial charge in [0.05, 0.1) is 12.1 Å². The number of piperidine rings is 1. The zero-order valence-corrected chi connectivity index (χ0v) is 18.3. The minimum absolute atomic E-state index is 0.0746. The lowest BCUT2D eigenvalue weighted by molar-refractivity contribution is -0.137. The predicted octanol–water partition coefficient (Wildman–Crippen LogP) is 3.98. The highest BCUT2D eigenvalue weighted by Crippen LogP contribution is 2.30. The first-order valence-corrected chi connectivity index (χ1v) is 11.3. The number of hydrogen-bond acceptors (Lipinski definition) is 3. The molecule has 0 spiro atoms. The van der Waals surface area contributed by atoms with E-state index in [1.165, 1.54) is 12.8 Å². The molecule has 1 saturated carbocycles. The molecule has 1 heterocycles. The molecule has 0 bridgehead atoms. The summed E-state index contributed by atoms with van der Waals surface area (Å²) in [4.78, 5) is 26.5. The smallest absolute Gasteiger partial charge is 0.352 e. The number of alkyl halides is 3. The lowest BCUT2D eigenvalue weighted by Crippen LogP contribution is -2.46. The van der Waals surface area contributed by atoms with Gasteiger partial charge in [-0.25, -0.2) is 4.39 Å². The van der Waals surface area contributed by atoms with Gasteiger partial charge in [-0.2, -0.15) is 13.2 Å². The van der Waals surface area contributed by atoms with E-state index in [4.69, 9.17) is 0 Å². The molecule has 1 saturated heterocycles. The van der Waals surface area contributed by atoms with Gasteiger partial charge in [-0.1, -0.05) is 6.92 Å². The molecule has 178 valence electrons. The van der Waals surface area contributed by atoms with E-state index in [0.717, 1.165) is 24.8 Å². The summed E-state index contributed by atoms with van der Waals surface area (Å²) in [6.45, 7) is 4.03. The van der Waals surface area contributed by atoms with Gasteiger partial charge in [-0.3, -0.25) is 9.59 Å². The SMILES string of the molecule is CC1CCC(NCC(=O)N2CCC(CNC(=O)c3cc(F)cc(C(F)(F)F)c3)CC2)CC1. The molecule has 1 aliphatic carbocycles. The highest BCUT2D eigenvalue weighted by atomic mass is 19.4. The number of halogens is 4. The molecule has 5 nitrogen and oxygen atoms in total. The molecular weight excluding hydrogens is 426 g/mol. The molecule has 0 unspecified atom stereocenters. The third-order valence-electron chi connectivity index (χ3n) is 6.56. The molecule has 1 aliphatic heterocycles. The van der Waals surface area contributed by atoms with E-state index in [1.807, 2.05) is 4.90 Å². The number of carbonyl (C=O) groups is 2. The van der Waals surface area contributed by atoms with Gasteiger partial charge in [0.2, 0.25) is 5.91 Å². The van der Waals surface area contributed by atoms with Crippen molar-refractivity contribution in [3.05, 3.63) is 35.1 Å². The number of hydrogen-bond donors (Lipinski definition) is 2. The number of rotatable bonds is 6. The van der Waals surface area contributed by atoms with Gasteiger partial charge < -0.3 is 15.5 Å². The predicted molar refractivity (Wildman–Crippen MR) is 112 cm³/mol. The number of nitrogens with zero attached hydrogens (tertiary/aromatic N) is 1. The van der Waals surface area contributed by atoms with Crippen molar-refractivity contribution >= 4 is 11.8 Å². The van der Waals surface area contributed by atoms with Crippen molar-refractivity contribution in [3.63, 3.8) is 0 Å². The Bertz CT molecular complexity index is 799. The van der Waals surface area contributed by atoms with Crippen LogP contribution in [0.3, 0.4) is 0 Å². The maximum absolute atomic E-state index is 13.5. The van der Waals surface area contributed by atoms with E-state index in [2.05, 4.69) is 17.6 Å². The fourth-order valence-corrected chi connectivity index (χ4v) is 4.42. The van der Waals surface area contributed by atoms with Crippen LogP contribution in [-0.4, -0.2) is 48.9 Å². The van der Waals surface area contributed by atoms with Gasteiger partial charge >= 0.3 is 6.18 Å². The zero-order valence-electron chi connectivity index (χ0n) is 18.3. The topological polar surface area (TPSA) is 61.4 Å². The third-order valence-corrected chi connectivity index (χ3v) is 6.56. The van der Waals surface area contributed by atoms with Crippen LogP contribution in [0.5, 0.6) is 0 Å². The highest BCUT2D eigenvalue weighted by molar-refractivity contribution is 5.94. The second kappa shape index (κ2) is 10.6. The molecule has 0 atom stereocenters. The van der Waals surface area contributed by atoms with Crippen molar-refractivity contribution in [2.45, 2.75) is 57.7 Å². The number of benzene rings is 1. The molecule has 2 amide bonds. The summed E-state index contributed by atoms with van der Waals surface area (Å²) < 4.78 is 52.0. The second-order valence-corrected chi connectivity index (χ2v) is 9.10. The number of amides is 2. The van der Waals surface area contributed by atoms with Crippen LogP contribution in [0.2, 0.25) is 0 Å². The van der Waals surface area contributed by atoms with Crippen LogP contribution in [0.4, 0.5) is 17.6 Å². The molecule has 2 N–H and O–H groups in total. The third kappa shape index (κ3) is 6.92. The lowest BCUT2D eigenvalue weighted by Gasteiger charge is -2.33. The van der Waals surface area contributed by atoms with E-state index in [9.17, 15) is 27.2 Å². The minimum atomic E-state index is -4.72. The normalized spacial score (nSPS) is 22.6. The van der Waals surface area contributed by atoms with E-state index in [0.29, 0.717) is 50.7 Å². The molecule has 3 rings (SSSR count). The Balaban J connectivity index is 1.40. The molecule has 1 aromatic rings. The Morgan fingerprint density at radius 1 is 1.03 bits per heavy atom. The summed E-state index contributed by atoms with van der Waals surface area (Å²) in [6, 6.07) is 2.22.